The molecule has 0 radical (unpaired) electrons. The molecule has 1 aliphatic rings. The van der Waals surface area contributed by atoms with E-state index in [1.54, 1.807) is 13.8 Å². The molecule has 1 heterocycles. The second-order valence-corrected chi connectivity index (χ2v) is 5.31. The van der Waals surface area contributed by atoms with Crippen LogP contribution in [0.3, 0.4) is 0 Å². The Morgan fingerprint density at radius 1 is 1.60 bits per heavy atom. The molecule has 4 heteroatoms. The van der Waals surface area contributed by atoms with Gasteiger partial charge in [0.05, 0.1) is 5.41 Å². The smallest absolute Gasteiger partial charge is 0.310 e. The first kappa shape index (κ1) is 12.5. The predicted octanol–water partition coefficient (Wildman–Crippen LogP) is 0.733. The number of carboxylic acids is 1. The summed E-state index contributed by atoms with van der Waals surface area (Å²) in [7, 11) is 4.13. The van der Waals surface area contributed by atoms with E-state index in [4.69, 9.17) is 5.11 Å². The van der Waals surface area contributed by atoms with Crippen molar-refractivity contribution in [3.05, 3.63) is 0 Å². The number of likely N-dealkylation sites (N-methyl/N-ethyl adjacent to an activating group) is 2. The van der Waals surface area contributed by atoms with E-state index in [2.05, 4.69) is 16.8 Å². The van der Waals surface area contributed by atoms with Gasteiger partial charge in [-0.25, -0.2) is 0 Å². The fourth-order valence-electron chi connectivity index (χ4n) is 2.09. The van der Waals surface area contributed by atoms with Crippen molar-refractivity contribution < 1.29 is 9.90 Å². The van der Waals surface area contributed by atoms with Crippen LogP contribution in [-0.4, -0.2) is 60.6 Å². The van der Waals surface area contributed by atoms with Gasteiger partial charge in [-0.2, -0.15) is 0 Å². The summed E-state index contributed by atoms with van der Waals surface area (Å²) in [5, 5.41) is 9.05. The van der Waals surface area contributed by atoms with E-state index in [0.717, 1.165) is 19.5 Å². The van der Waals surface area contributed by atoms with Gasteiger partial charge in [-0.1, -0.05) is 0 Å². The van der Waals surface area contributed by atoms with Crippen molar-refractivity contribution in [2.24, 2.45) is 5.41 Å². The summed E-state index contributed by atoms with van der Waals surface area (Å²) in [6.45, 7) is 6.34. The molecule has 0 bridgehead atoms. The highest BCUT2D eigenvalue weighted by atomic mass is 16.4. The van der Waals surface area contributed by atoms with Gasteiger partial charge in [0, 0.05) is 19.1 Å². The molecule has 0 amide bonds. The highest BCUT2D eigenvalue weighted by molar-refractivity contribution is 5.73. The Balaban J connectivity index is 2.48. The summed E-state index contributed by atoms with van der Waals surface area (Å²) in [5.41, 5.74) is -0.657. The van der Waals surface area contributed by atoms with E-state index < -0.39 is 11.4 Å². The normalized spacial score (nSPS) is 23.7. The van der Waals surface area contributed by atoms with Gasteiger partial charge in [0.2, 0.25) is 0 Å². The van der Waals surface area contributed by atoms with Crippen molar-refractivity contribution in [2.45, 2.75) is 26.3 Å². The van der Waals surface area contributed by atoms with Crippen LogP contribution in [0.4, 0.5) is 0 Å². The maximum absolute atomic E-state index is 11.0. The Hall–Kier alpha value is -0.610. The fraction of sp³-hybridized carbons (Fsp3) is 0.909. The van der Waals surface area contributed by atoms with E-state index in [1.807, 2.05) is 7.05 Å². The summed E-state index contributed by atoms with van der Waals surface area (Å²) < 4.78 is 0. The van der Waals surface area contributed by atoms with Crippen LogP contribution in [0.2, 0.25) is 0 Å². The quantitative estimate of drug-likeness (QED) is 0.749. The zero-order valence-corrected chi connectivity index (χ0v) is 10.2. The average Bonchev–Trinajstić information content (AvgIpc) is 2.50. The average molecular weight is 214 g/mol. The first-order chi connectivity index (χ1) is 6.83. The molecule has 1 rings (SSSR count). The van der Waals surface area contributed by atoms with Gasteiger partial charge < -0.3 is 14.9 Å². The number of rotatable bonds is 4. The summed E-state index contributed by atoms with van der Waals surface area (Å²) in [6, 6.07) is 0.508. The molecule has 1 atom stereocenters. The Kier molecular flexibility index (Phi) is 3.73. The fourth-order valence-corrected chi connectivity index (χ4v) is 2.09. The second-order valence-electron chi connectivity index (χ2n) is 5.31. The number of carboxylic acid groups (broad SMARTS) is 1. The van der Waals surface area contributed by atoms with Gasteiger partial charge in [0.15, 0.2) is 0 Å². The van der Waals surface area contributed by atoms with Gasteiger partial charge in [-0.3, -0.25) is 4.79 Å². The summed E-state index contributed by atoms with van der Waals surface area (Å²) in [5.74, 6) is -0.722. The summed E-state index contributed by atoms with van der Waals surface area (Å²) in [6.07, 6.45) is 1.14. The summed E-state index contributed by atoms with van der Waals surface area (Å²) >= 11 is 0. The minimum atomic E-state index is -0.722. The number of likely N-dealkylation sites (tertiary alicyclic amines) is 1. The van der Waals surface area contributed by atoms with Crippen LogP contribution in [-0.2, 0) is 4.79 Å². The molecule has 1 fully saturated rings. The van der Waals surface area contributed by atoms with Crippen molar-refractivity contribution in [3.8, 4) is 0 Å². The zero-order valence-electron chi connectivity index (χ0n) is 10.2. The third-order valence-corrected chi connectivity index (χ3v) is 3.21. The highest BCUT2D eigenvalue weighted by Gasteiger charge is 2.32. The van der Waals surface area contributed by atoms with Gasteiger partial charge in [-0.05, 0) is 40.9 Å². The molecule has 15 heavy (non-hydrogen) atoms. The lowest BCUT2D eigenvalue weighted by atomic mass is 9.92. The first-order valence-corrected chi connectivity index (χ1v) is 5.45. The first-order valence-electron chi connectivity index (χ1n) is 5.45. The molecule has 0 aromatic carbocycles. The molecular weight excluding hydrogens is 192 g/mol. The molecule has 4 nitrogen and oxygen atoms in total. The van der Waals surface area contributed by atoms with Crippen molar-refractivity contribution in [1.29, 1.82) is 0 Å². The minimum Gasteiger partial charge on any atom is -0.481 e. The van der Waals surface area contributed by atoms with Gasteiger partial charge in [0.1, 0.15) is 0 Å². The van der Waals surface area contributed by atoms with Crippen LogP contribution in [0.15, 0.2) is 0 Å². The van der Waals surface area contributed by atoms with Gasteiger partial charge in [-0.15, -0.1) is 0 Å². The van der Waals surface area contributed by atoms with E-state index >= 15 is 0 Å². The maximum Gasteiger partial charge on any atom is 0.310 e. The lowest BCUT2D eigenvalue weighted by Gasteiger charge is -2.30. The maximum atomic E-state index is 11.0. The molecule has 0 spiro atoms. The highest BCUT2D eigenvalue weighted by Crippen LogP contribution is 2.20. The van der Waals surface area contributed by atoms with Crippen molar-refractivity contribution >= 4 is 5.97 Å². The monoisotopic (exact) mass is 214 g/mol. The van der Waals surface area contributed by atoms with E-state index in [9.17, 15) is 4.79 Å². The lowest BCUT2D eigenvalue weighted by Crippen LogP contribution is -2.43. The Morgan fingerprint density at radius 2 is 2.20 bits per heavy atom. The number of carbonyl (C=O) groups is 1. The van der Waals surface area contributed by atoms with Crippen LogP contribution >= 0.6 is 0 Å². The van der Waals surface area contributed by atoms with Gasteiger partial charge >= 0.3 is 5.97 Å². The van der Waals surface area contributed by atoms with Crippen LogP contribution in [0, 0.1) is 5.41 Å². The molecule has 0 aromatic heterocycles. The predicted molar refractivity (Wildman–Crippen MR) is 59.9 cm³/mol. The van der Waals surface area contributed by atoms with Crippen molar-refractivity contribution in [2.75, 3.05) is 33.7 Å². The molecule has 1 N–H and O–H groups in total. The standard InChI is InChI=1S/C11H22N2O2/c1-11(2,10(14)15)8-13(4)9-5-6-12(3)7-9/h9H,5-8H2,1-4H3,(H,14,15). The zero-order chi connectivity index (χ0) is 11.6. The molecule has 1 unspecified atom stereocenters. The summed E-state index contributed by atoms with van der Waals surface area (Å²) in [4.78, 5) is 15.5. The molecular formula is C11H22N2O2. The largest absolute Gasteiger partial charge is 0.481 e. The molecule has 0 saturated carbocycles. The van der Waals surface area contributed by atoms with Crippen molar-refractivity contribution in [3.63, 3.8) is 0 Å². The van der Waals surface area contributed by atoms with Crippen LogP contribution in [0.5, 0.6) is 0 Å². The number of hydrogen-bond acceptors (Lipinski definition) is 3. The second kappa shape index (κ2) is 4.49. The third kappa shape index (κ3) is 3.18. The van der Waals surface area contributed by atoms with Crippen LogP contribution < -0.4 is 0 Å². The third-order valence-electron chi connectivity index (χ3n) is 3.21. The van der Waals surface area contributed by atoms with E-state index in [0.29, 0.717) is 12.6 Å². The molecule has 1 saturated heterocycles. The minimum absolute atomic E-state index is 0.508. The number of hydrogen-bond donors (Lipinski definition) is 1. The van der Waals surface area contributed by atoms with Crippen molar-refractivity contribution in [1.82, 2.24) is 9.80 Å². The Bertz CT molecular complexity index is 241. The topological polar surface area (TPSA) is 43.8 Å². The molecule has 0 aliphatic carbocycles. The van der Waals surface area contributed by atoms with Crippen LogP contribution in [0.25, 0.3) is 0 Å². The Labute approximate surface area is 91.9 Å². The lowest BCUT2D eigenvalue weighted by molar-refractivity contribution is -0.148. The van der Waals surface area contributed by atoms with Gasteiger partial charge in [0.25, 0.3) is 0 Å². The SMILES string of the molecule is CN1CCC(N(C)CC(C)(C)C(=O)O)C1. The van der Waals surface area contributed by atoms with Crippen LogP contribution in [0.1, 0.15) is 20.3 Å². The number of aliphatic carboxylic acids is 1. The molecule has 0 aromatic rings. The number of nitrogens with zero attached hydrogens (tertiary/aromatic N) is 2. The van der Waals surface area contributed by atoms with E-state index in [1.165, 1.54) is 0 Å². The van der Waals surface area contributed by atoms with E-state index in [-0.39, 0.29) is 0 Å². The molecule has 88 valence electrons. The Morgan fingerprint density at radius 3 is 2.60 bits per heavy atom. The molecule has 1 aliphatic heterocycles.